The predicted octanol–water partition coefficient (Wildman–Crippen LogP) is 18.0. The van der Waals surface area contributed by atoms with Crippen LogP contribution in [0, 0.1) is 0 Å². The van der Waals surface area contributed by atoms with Gasteiger partial charge in [0.15, 0.2) is 6.10 Å². The lowest BCUT2D eigenvalue weighted by molar-refractivity contribution is -0.167. The van der Waals surface area contributed by atoms with Crippen LogP contribution in [0.4, 0.5) is 0 Å². The average molecular weight is 905 g/mol. The van der Waals surface area contributed by atoms with Gasteiger partial charge in [0, 0.05) is 19.3 Å². The molecule has 0 saturated carbocycles. The second-order valence-corrected chi connectivity index (χ2v) is 17.8. The predicted molar refractivity (Wildman–Crippen MR) is 279 cm³/mol. The van der Waals surface area contributed by atoms with Gasteiger partial charge in [-0.25, -0.2) is 0 Å². The van der Waals surface area contributed by atoms with Gasteiger partial charge in [0.25, 0.3) is 0 Å². The molecule has 0 aliphatic heterocycles. The molecule has 0 aliphatic carbocycles. The third kappa shape index (κ3) is 51.4. The van der Waals surface area contributed by atoms with Gasteiger partial charge in [-0.3, -0.25) is 14.4 Å². The second-order valence-electron chi connectivity index (χ2n) is 17.8. The lowest BCUT2D eigenvalue weighted by Crippen LogP contribution is -2.30. The molecule has 0 saturated heterocycles. The van der Waals surface area contributed by atoms with Crippen molar-refractivity contribution in [3.63, 3.8) is 0 Å². The van der Waals surface area contributed by atoms with Gasteiger partial charge in [0.1, 0.15) is 13.2 Å². The molecular weight excluding hydrogens is 805 g/mol. The topological polar surface area (TPSA) is 78.9 Å². The van der Waals surface area contributed by atoms with Gasteiger partial charge in [-0.1, -0.05) is 221 Å². The maximum absolute atomic E-state index is 12.8. The largest absolute Gasteiger partial charge is 0.462 e. The first-order valence-electron chi connectivity index (χ1n) is 27.1. The molecule has 0 aromatic rings. The van der Waals surface area contributed by atoms with Gasteiger partial charge < -0.3 is 14.2 Å². The molecule has 0 aliphatic rings. The molecular formula is C59H100O6. The van der Waals surface area contributed by atoms with Crippen LogP contribution in [0.2, 0.25) is 0 Å². The van der Waals surface area contributed by atoms with Gasteiger partial charge in [-0.2, -0.15) is 0 Å². The Labute approximate surface area is 401 Å². The highest BCUT2D eigenvalue weighted by atomic mass is 16.6. The number of esters is 3. The summed E-state index contributed by atoms with van der Waals surface area (Å²) < 4.78 is 16.8. The average Bonchev–Trinajstić information content (AvgIpc) is 3.30. The molecule has 0 spiro atoms. The summed E-state index contributed by atoms with van der Waals surface area (Å²) in [5.41, 5.74) is 0. The number of carbonyl (C=O) groups is 3. The van der Waals surface area contributed by atoms with E-state index in [9.17, 15) is 14.4 Å². The molecule has 0 amide bonds. The van der Waals surface area contributed by atoms with Crippen LogP contribution < -0.4 is 0 Å². The normalized spacial score (nSPS) is 12.7. The summed E-state index contributed by atoms with van der Waals surface area (Å²) in [6.07, 6.45) is 68.5. The quantitative estimate of drug-likeness (QED) is 0.0262. The minimum Gasteiger partial charge on any atom is -0.462 e. The minimum absolute atomic E-state index is 0.0892. The van der Waals surface area contributed by atoms with Gasteiger partial charge in [0.2, 0.25) is 0 Å². The minimum atomic E-state index is -0.793. The van der Waals surface area contributed by atoms with Crippen LogP contribution in [-0.2, 0) is 28.6 Å². The Balaban J connectivity index is 4.43. The third-order valence-corrected chi connectivity index (χ3v) is 11.4. The van der Waals surface area contributed by atoms with Crippen LogP contribution in [-0.4, -0.2) is 37.2 Å². The highest BCUT2D eigenvalue weighted by molar-refractivity contribution is 5.71. The maximum atomic E-state index is 12.8. The number of carbonyl (C=O) groups excluding carboxylic acids is 3. The summed E-state index contributed by atoms with van der Waals surface area (Å²) in [5.74, 6) is -0.929. The zero-order valence-corrected chi connectivity index (χ0v) is 42.5. The Morgan fingerprint density at radius 2 is 0.600 bits per heavy atom. The molecule has 65 heavy (non-hydrogen) atoms. The summed E-state index contributed by atoms with van der Waals surface area (Å²) >= 11 is 0. The van der Waals surface area contributed by atoms with Crippen LogP contribution >= 0.6 is 0 Å². The molecule has 0 N–H and O–H groups in total. The monoisotopic (exact) mass is 905 g/mol. The molecule has 0 aromatic heterocycles. The highest BCUT2D eigenvalue weighted by Gasteiger charge is 2.19. The van der Waals surface area contributed by atoms with E-state index >= 15 is 0 Å². The molecule has 6 heteroatoms. The van der Waals surface area contributed by atoms with E-state index in [0.29, 0.717) is 19.3 Å². The lowest BCUT2D eigenvalue weighted by atomic mass is 10.1. The molecule has 1 unspecified atom stereocenters. The zero-order chi connectivity index (χ0) is 47.2. The number of hydrogen-bond donors (Lipinski definition) is 0. The Morgan fingerprint density at radius 3 is 0.985 bits per heavy atom. The van der Waals surface area contributed by atoms with Crippen LogP contribution in [0.15, 0.2) is 85.1 Å². The summed E-state index contributed by atoms with van der Waals surface area (Å²) in [5, 5.41) is 0. The van der Waals surface area contributed by atoms with E-state index in [2.05, 4.69) is 106 Å². The van der Waals surface area contributed by atoms with E-state index in [0.717, 1.165) is 109 Å². The summed E-state index contributed by atoms with van der Waals surface area (Å²) in [4.78, 5) is 38.0. The molecule has 0 heterocycles. The molecule has 0 aromatic carbocycles. The zero-order valence-electron chi connectivity index (χ0n) is 42.5. The molecule has 372 valence electrons. The number of rotatable bonds is 48. The van der Waals surface area contributed by atoms with Crippen molar-refractivity contribution >= 4 is 17.9 Å². The van der Waals surface area contributed by atoms with E-state index < -0.39 is 6.10 Å². The van der Waals surface area contributed by atoms with E-state index in [4.69, 9.17) is 14.2 Å². The fourth-order valence-electron chi connectivity index (χ4n) is 7.32. The highest BCUT2D eigenvalue weighted by Crippen LogP contribution is 2.14. The maximum Gasteiger partial charge on any atom is 0.306 e. The van der Waals surface area contributed by atoms with E-state index in [1.54, 1.807) is 0 Å². The van der Waals surface area contributed by atoms with Crippen molar-refractivity contribution in [2.24, 2.45) is 0 Å². The van der Waals surface area contributed by atoms with Crippen molar-refractivity contribution in [3.05, 3.63) is 85.1 Å². The third-order valence-electron chi connectivity index (χ3n) is 11.4. The fraction of sp³-hybridized carbons (Fsp3) is 0.712. The number of ether oxygens (including phenoxy) is 3. The van der Waals surface area contributed by atoms with Gasteiger partial charge >= 0.3 is 17.9 Å². The molecule has 1 atom stereocenters. The summed E-state index contributed by atoms with van der Waals surface area (Å²) in [7, 11) is 0. The first-order chi connectivity index (χ1) is 32.0. The Morgan fingerprint density at radius 1 is 0.323 bits per heavy atom. The second kappa shape index (κ2) is 53.2. The van der Waals surface area contributed by atoms with Crippen molar-refractivity contribution in [1.29, 1.82) is 0 Å². The molecule has 0 bridgehead atoms. The van der Waals surface area contributed by atoms with E-state index in [-0.39, 0.29) is 31.1 Å². The first-order valence-corrected chi connectivity index (χ1v) is 27.1. The summed E-state index contributed by atoms with van der Waals surface area (Å²) in [6, 6.07) is 0. The number of unbranched alkanes of at least 4 members (excludes halogenated alkanes) is 23. The van der Waals surface area contributed by atoms with Crippen LogP contribution in [0.1, 0.15) is 252 Å². The van der Waals surface area contributed by atoms with E-state index in [1.807, 2.05) is 0 Å². The Hall–Kier alpha value is -3.41. The molecule has 6 nitrogen and oxygen atoms in total. The van der Waals surface area contributed by atoms with Gasteiger partial charge in [0.05, 0.1) is 0 Å². The summed E-state index contributed by atoms with van der Waals surface area (Å²) in [6.45, 7) is 6.46. The Bertz CT molecular complexity index is 1270. The van der Waals surface area contributed by atoms with Crippen molar-refractivity contribution in [2.75, 3.05) is 13.2 Å². The Kier molecular flexibility index (Phi) is 50.4. The molecule has 0 fully saturated rings. The number of hydrogen-bond acceptors (Lipinski definition) is 6. The van der Waals surface area contributed by atoms with Crippen LogP contribution in [0.25, 0.3) is 0 Å². The standard InChI is InChI=1S/C59H100O6/c1-4-7-10-13-16-19-22-24-26-28-29-31-32-34-37-40-43-46-49-52-58(61)64-55-56(54-63-57(60)51-48-45-42-39-36-21-18-15-12-9-6-3)65-59(62)53-50-47-44-41-38-35-33-30-27-25-23-20-17-14-11-8-5-2/h7,10,16-17,19-20,24-27,29,31,34,37,56H,4-6,8-9,11-15,18,21-23,28,30,32-33,35-36,38-55H2,1-3H3/b10-7-,19-16-,20-17-,26-24-,27-25-,31-29-,37-34-. The van der Waals surface area contributed by atoms with Crippen molar-refractivity contribution in [2.45, 2.75) is 258 Å². The number of allylic oxidation sites excluding steroid dienone is 14. The van der Waals surface area contributed by atoms with E-state index in [1.165, 1.54) is 103 Å². The van der Waals surface area contributed by atoms with Crippen LogP contribution in [0.3, 0.4) is 0 Å². The van der Waals surface area contributed by atoms with Gasteiger partial charge in [-0.15, -0.1) is 0 Å². The lowest BCUT2D eigenvalue weighted by Gasteiger charge is -2.18. The molecule has 0 radical (unpaired) electrons. The first kappa shape index (κ1) is 61.6. The molecule has 0 rings (SSSR count). The fourth-order valence-corrected chi connectivity index (χ4v) is 7.32. The van der Waals surface area contributed by atoms with Crippen molar-refractivity contribution in [1.82, 2.24) is 0 Å². The SMILES string of the molecule is CC/C=C\C/C=C\C/C=C\C/C=C\C/C=C\CCCCCC(=O)OCC(COC(=O)CCCCCCCCCCCCC)OC(=O)CCCCCCCCC/C=C\C/C=C\CCCCC. The smallest absolute Gasteiger partial charge is 0.306 e. The van der Waals surface area contributed by atoms with Crippen LogP contribution in [0.5, 0.6) is 0 Å². The van der Waals surface area contributed by atoms with Crippen molar-refractivity contribution < 1.29 is 28.6 Å². The van der Waals surface area contributed by atoms with Crippen molar-refractivity contribution in [3.8, 4) is 0 Å². The van der Waals surface area contributed by atoms with Gasteiger partial charge in [-0.05, 0) is 96.3 Å².